The van der Waals surface area contributed by atoms with Gasteiger partial charge in [0.15, 0.2) is 0 Å². The Balaban J connectivity index is 0.00000208. The number of fused-ring (bicyclic) bond motifs is 1. The van der Waals surface area contributed by atoms with Gasteiger partial charge in [-0.2, -0.15) is 0 Å². The first-order chi connectivity index (χ1) is 11.2. The third-order valence-electron chi connectivity index (χ3n) is 3.63. The van der Waals surface area contributed by atoms with E-state index in [0.717, 1.165) is 0 Å². The predicted octanol–water partition coefficient (Wildman–Crippen LogP) is -0.899. The van der Waals surface area contributed by atoms with Gasteiger partial charge in [-0.1, -0.05) is 12.1 Å². The van der Waals surface area contributed by atoms with Gasteiger partial charge in [0.05, 0.1) is 11.1 Å². The van der Waals surface area contributed by atoms with Crippen LogP contribution in [0.1, 0.15) is 33.6 Å². The van der Waals surface area contributed by atoms with E-state index in [1.54, 1.807) is 48.8 Å². The molecular weight excluding hydrogens is 330 g/mol. The number of benzene rings is 1. The van der Waals surface area contributed by atoms with Crippen molar-refractivity contribution < 1.29 is 26.8 Å². The largest absolute Gasteiger partial charge is 1.00 e. The van der Waals surface area contributed by atoms with Crippen LogP contribution in [0.4, 0.5) is 5.69 Å². The third-order valence-corrected chi connectivity index (χ3v) is 3.63. The molecule has 0 spiro atoms. The average molecular weight is 345 g/mol. The van der Waals surface area contributed by atoms with Gasteiger partial charge in [0.25, 0.3) is 11.8 Å². The van der Waals surface area contributed by atoms with Crippen LogP contribution in [0.25, 0.3) is 0 Å². The van der Waals surface area contributed by atoms with Crippen LogP contribution < -0.4 is 17.7 Å². The summed E-state index contributed by atoms with van der Waals surface area (Å²) in [6, 6.07) is 10.1. The van der Waals surface area contributed by atoms with Crippen molar-refractivity contribution in [3.8, 4) is 0 Å². The van der Waals surface area contributed by atoms with Crippen molar-refractivity contribution in [2.45, 2.75) is 12.8 Å². The number of imide groups is 1. The molecule has 1 aromatic heterocycles. The average Bonchev–Trinajstić information content (AvgIpc) is 2.81. The number of halogens is 1. The second-order valence-electron chi connectivity index (χ2n) is 5.20. The van der Waals surface area contributed by atoms with E-state index in [0.29, 0.717) is 23.2 Å². The highest BCUT2D eigenvalue weighted by Crippen LogP contribution is 2.22. The summed E-state index contributed by atoms with van der Waals surface area (Å²) in [6.07, 6.45) is 3.83. The maximum Gasteiger partial charge on any atom is 0.261 e. The molecule has 1 aliphatic rings. The highest BCUT2D eigenvalue weighted by Gasteiger charge is 2.34. The highest BCUT2D eigenvalue weighted by atomic mass is 35.5. The number of anilines is 1. The van der Waals surface area contributed by atoms with Crippen LogP contribution in [0.2, 0.25) is 0 Å². The van der Waals surface area contributed by atoms with Crippen molar-refractivity contribution in [1.82, 2.24) is 9.88 Å². The zero-order valence-electron chi connectivity index (χ0n) is 12.7. The van der Waals surface area contributed by atoms with E-state index in [4.69, 9.17) is 0 Å². The quantitative estimate of drug-likeness (QED) is 0.713. The first kappa shape index (κ1) is 17.6. The Labute approximate surface area is 145 Å². The van der Waals surface area contributed by atoms with E-state index < -0.39 is 0 Å². The molecule has 124 valence electrons. The molecule has 3 rings (SSSR count). The van der Waals surface area contributed by atoms with Crippen LogP contribution in [0, 0.1) is 0 Å². The SMILES string of the molecule is O=C(CCCN1C(=O)c2ccccc2C1=O)Nc1ccncc1.[Cl-]. The lowest BCUT2D eigenvalue weighted by molar-refractivity contribution is -0.116. The fourth-order valence-electron chi connectivity index (χ4n) is 2.50. The Morgan fingerprint density at radius 1 is 1.00 bits per heavy atom. The van der Waals surface area contributed by atoms with Crippen molar-refractivity contribution in [3.63, 3.8) is 0 Å². The molecule has 1 N–H and O–H groups in total. The molecule has 0 saturated carbocycles. The molecule has 1 aliphatic heterocycles. The molecule has 0 aliphatic carbocycles. The Morgan fingerprint density at radius 2 is 1.58 bits per heavy atom. The maximum atomic E-state index is 12.2. The molecule has 6 nitrogen and oxygen atoms in total. The van der Waals surface area contributed by atoms with Crippen LogP contribution in [0.15, 0.2) is 48.8 Å². The van der Waals surface area contributed by atoms with Crippen molar-refractivity contribution in [3.05, 3.63) is 59.9 Å². The summed E-state index contributed by atoms with van der Waals surface area (Å²) in [5, 5.41) is 2.74. The third kappa shape index (κ3) is 3.60. The molecule has 1 aromatic carbocycles. The van der Waals surface area contributed by atoms with Crippen molar-refractivity contribution in [2.24, 2.45) is 0 Å². The number of nitrogens with one attached hydrogen (secondary N) is 1. The summed E-state index contributed by atoms with van der Waals surface area (Å²) in [5.74, 6) is -0.743. The smallest absolute Gasteiger partial charge is 0.261 e. The van der Waals surface area contributed by atoms with Gasteiger partial charge < -0.3 is 17.7 Å². The second-order valence-corrected chi connectivity index (χ2v) is 5.20. The summed E-state index contributed by atoms with van der Waals surface area (Å²) in [6.45, 7) is 0.232. The minimum absolute atomic E-state index is 0. The number of carbonyl (C=O) groups is 3. The van der Waals surface area contributed by atoms with Gasteiger partial charge in [-0.3, -0.25) is 24.3 Å². The summed E-state index contributed by atoms with van der Waals surface area (Å²) in [4.78, 5) is 41.3. The minimum Gasteiger partial charge on any atom is -1.00 e. The summed E-state index contributed by atoms with van der Waals surface area (Å²) in [7, 11) is 0. The van der Waals surface area contributed by atoms with Crippen LogP contribution >= 0.6 is 0 Å². The highest BCUT2D eigenvalue weighted by molar-refractivity contribution is 6.21. The monoisotopic (exact) mass is 344 g/mol. The number of carbonyl (C=O) groups excluding carboxylic acids is 3. The first-order valence-corrected chi connectivity index (χ1v) is 7.32. The predicted molar refractivity (Wildman–Crippen MR) is 83.9 cm³/mol. The number of amides is 3. The minimum atomic E-state index is -0.292. The molecule has 0 fully saturated rings. The van der Waals surface area contributed by atoms with Gasteiger partial charge in [0.2, 0.25) is 5.91 Å². The van der Waals surface area contributed by atoms with Gasteiger partial charge in [0.1, 0.15) is 0 Å². The van der Waals surface area contributed by atoms with E-state index in [-0.39, 0.29) is 43.1 Å². The van der Waals surface area contributed by atoms with Crippen molar-refractivity contribution in [2.75, 3.05) is 11.9 Å². The molecule has 0 saturated heterocycles. The Hall–Kier alpha value is -2.73. The molecule has 0 unspecified atom stereocenters. The number of aromatic nitrogens is 1. The van der Waals surface area contributed by atoms with E-state index in [1.165, 1.54) is 4.90 Å². The first-order valence-electron chi connectivity index (χ1n) is 7.32. The van der Waals surface area contributed by atoms with Crippen LogP contribution in [-0.4, -0.2) is 34.2 Å². The molecule has 0 radical (unpaired) electrons. The molecule has 24 heavy (non-hydrogen) atoms. The lowest BCUT2D eigenvalue weighted by atomic mass is 10.1. The fourth-order valence-corrected chi connectivity index (χ4v) is 2.50. The Kier molecular flexibility index (Phi) is 5.65. The molecule has 2 aromatic rings. The lowest BCUT2D eigenvalue weighted by Gasteiger charge is -2.13. The summed E-state index contributed by atoms with van der Waals surface area (Å²) in [5.41, 5.74) is 1.53. The second kappa shape index (κ2) is 7.70. The van der Waals surface area contributed by atoms with Gasteiger partial charge in [-0.05, 0) is 30.7 Å². The Morgan fingerprint density at radius 3 is 2.17 bits per heavy atom. The standard InChI is InChI=1S/C17H15N3O3.ClH/c21-15(19-12-7-9-18-10-8-12)6-3-11-20-16(22)13-4-1-2-5-14(13)17(20)23;/h1-2,4-5,7-10H,3,6,11H2,(H,18,19,21);1H/p-1. The zero-order valence-corrected chi connectivity index (χ0v) is 13.5. The zero-order chi connectivity index (χ0) is 16.2. The van der Waals surface area contributed by atoms with E-state index in [1.807, 2.05) is 0 Å². The van der Waals surface area contributed by atoms with Crippen molar-refractivity contribution in [1.29, 1.82) is 0 Å². The Bertz CT molecular complexity index is 730. The fraction of sp³-hybridized carbons (Fsp3) is 0.176. The van der Waals surface area contributed by atoms with E-state index >= 15 is 0 Å². The van der Waals surface area contributed by atoms with Gasteiger partial charge in [0, 0.05) is 31.0 Å². The molecule has 0 atom stereocenters. The molecule has 7 heteroatoms. The number of pyridine rings is 1. The number of hydrogen-bond donors (Lipinski definition) is 1. The van der Waals surface area contributed by atoms with Crippen molar-refractivity contribution >= 4 is 23.4 Å². The number of rotatable bonds is 5. The van der Waals surface area contributed by atoms with Gasteiger partial charge in [-0.15, -0.1) is 0 Å². The van der Waals surface area contributed by atoms with Crippen LogP contribution in [0.3, 0.4) is 0 Å². The number of nitrogens with zero attached hydrogens (tertiary/aromatic N) is 2. The summed E-state index contributed by atoms with van der Waals surface area (Å²) >= 11 is 0. The lowest BCUT2D eigenvalue weighted by Crippen LogP contribution is -3.00. The van der Waals surface area contributed by atoms with E-state index in [2.05, 4.69) is 10.3 Å². The normalized spacial score (nSPS) is 12.6. The molecule has 3 amide bonds. The summed E-state index contributed by atoms with van der Waals surface area (Å²) < 4.78 is 0. The van der Waals surface area contributed by atoms with E-state index in [9.17, 15) is 14.4 Å². The van der Waals surface area contributed by atoms with Gasteiger partial charge in [-0.25, -0.2) is 0 Å². The van der Waals surface area contributed by atoms with Crippen LogP contribution in [-0.2, 0) is 4.79 Å². The number of hydrogen-bond acceptors (Lipinski definition) is 4. The molecular formula is C17H15ClN3O3-. The van der Waals surface area contributed by atoms with Crippen LogP contribution in [0.5, 0.6) is 0 Å². The topological polar surface area (TPSA) is 79.4 Å². The maximum absolute atomic E-state index is 12.2. The van der Waals surface area contributed by atoms with Gasteiger partial charge >= 0.3 is 0 Å². The molecule has 0 bridgehead atoms. The molecule has 2 heterocycles.